The zero-order valence-corrected chi connectivity index (χ0v) is 16.8. The van der Waals surface area contributed by atoms with Gasteiger partial charge < -0.3 is 4.90 Å². The van der Waals surface area contributed by atoms with Crippen LogP contribution in [0.5, 0.6) is 0 Å². The van der Waals surface area contributed by atoms with Crippen molar-refractivity contribution in [2.24, 2.45) is 5.92 Å². The number of rotatable bonds is 5. The van der Waals surface area contributed by atoms with Gasteiger partial charge in [-0.3, -0.25) is 4.79 Å². The van der Waals surface area contributed by atoms with Crippen LogP contribution in [0, 0.1) is 17.6 Å². The Balaban J connectivity index is 1.47. The van der Waals surface area contributed by atoms with Crippen LogP contribution in [0.2, 0.25) is 0 Å². The highest BCUT2D eigenvalue weighted by Crippen LogP contribution is 2.53. The molecule has 1 saturated carbocycles. The van der Waals surface area contributed by atoms with E-state index >= 15 is 0 Å². The highest BCUT2D eigenvalue weighted by molar-refractivity contribution is 7.88. The summed E-state index contributed by atoms with van der Waals surface area (Å²) in [7, 11) is -3.31. The molecule has 2 heterocycles. The van der Waals surface area contributed by atoms with Crippen molar-refractivity contribution in [1.29, 1.82) is 0 Å². The Morgan fingerprint density at radius 3 is 2.64 bits per heavy atom. The average Bonchev–Trinajstić information content (AvgIpc) is 3.02. The van der Waals surface area contributed by atoms with Crippen molar-refractivity contribution >= 4 is 27.3 Å². The average molecular weight is 427 g/mol. The number of carbonyl (C=O) groups is 1. The molecular formula is C19H20F2N2O3S2. The first kappa shape index (κ1) is 19.5. The number of hydrogen-bond acceptors (Lipinski definition) is 4. The number of thiophene rings is 1. The van der Waals surface area contributed by atoms with Crippen LogP contribution >= 0.6 is 11.3 Å². The van der Waals surface area contributed by atoms with E-state index in [9.17, 15) is 22.0 Å². The SMILES string of the molecule is CS(=O)(=O)N[C@H]1CCN(C(=O)[C@@H]2C[C@H]2c2sccc2-c2c(F)cccc2F)C1. The highest BCUT2D eigenvalue weighted by Gasteiger charge is 2.48. The van der Waals surface area contributed by atoms with E-state index in [4.69, 9.17) is 0 Å². The lowest BCUT2D eigenvalue weighted by Gasteiger charge is -2.17. The summed E-state index contributed by atoms with van der Waals surface area (Å²) >= 11 is 1.41. The Bertz CT molecular complexity index is 1000. The molecule has 5 nitrogen and oxygen atoms in total. The minimum absolute atomic E-state index is 0.0174. The first-order valence-electron chi connectivity index (χ1n) is 9.02. The second kappa shape index (κ2) is 7.20. The maximum absolute atomic E-state index is 14.2. The fraction of sp³-hybridized carbons (Fsp3) is 0.421. The van der Waals surface area contributed by atoms with E-state index in [-0.39, 0.29) is 29.3 Å². The molecule has 0 unspecified atom stereocenters. The molecule has 28 heavy (non-hydrogen) atoms. The van der Waals surface area contributed by atoms with E-state index in [2.05, 4.69) is 4.72 Å². The smallest absolute Gasteiger partial charge is 0.226 e. The van der Waals surface area contributed by atoms with Crippen LogP contribution in [-0.2, 0) is 14.8 Å². The van der Waals surface area contributed by atoms with Crippen molar-refractivity contribution in [2.75, 3.05) is 19.3 Å². The molecule has 1 amide bonds. The molecular weight excluding hydrogens is 406 g/mol. The molecule has 1 saturated heterocycles. The fourth-order valence-electron chi connectivity index (χ4n) is 3.92. The fourth-order valence-corrected chi connectivity index (χ4v) is 5.80. The van der Waals surface area contributed by atoms with Crippen LogP contribution in [0.3, 0.4) is 0 Å². The summed E-state index contributed by atoms with van der Waals surface area (Å²) in [5.74, 6) is -1.52. The molecule has 4 rings (SSSR count). The largest absolute Gasteiger partial charge is 0.341 e. The summed E-state index contributed by atoms with van der Waals surface area (Å²) in [6.07, 6.45) is 2.33. The Hall–Kier alpha value is -1.84. The van der Waals surface area contributed by atoms with Crippen molar-refractivity contribution in [3.63, 3.8) is 0 Å². The van der Waals surface area contributed by atoms with E-state index in [1.54, 1.807) is 16.3 Å². The predicted octanol–water partition coefficient (Wildman–Crippen LogP) is 2.95. The lowest BCUT2D eigenvalue weighted by molar-refractivity contribution is -0.131. The minimum atomic E-state index is -3.31. The number of carbonyl (C=O) groups excluding carboxylic acids is 1. The van der Waals surface area contributed by atoms with E-state index in [0.717, 1.165) is 11.1 Å². The van der Waals surface area contributed by atoms with Crippen LogP contribution in [0.4, 0.5) is 8.78 Å². The molecule has 1 aromatic carbocycles. The van der Waals surface area contributed by atoms with Gasteiger partial charge in [0.15, 0.2) is 0 Å². The molecule has 9 heteroatoms. The maximum atomic E-state index is 14.2. The summed E-state index contributed by atoms with van der Waals surface area (Å²) in [5.41, 5.74) is 0.467. The maximum Gasteiger partial charge on any atom is 0.226 e. The Labute approximate surface area is 166 Å². The molecule has 1 N–H and O–H groups in total. The lowest BCUT2D eigenvalue weighted by atomic mass is 10.0. The van der Waals surface area contributed by atoms with E-state index in [1.165, 1.54) is 29.5 Å². The van der Waals surface area contributed by atoms with Gasteiger partial charge in [-0.25, -0.2) is 21.9 Å². The van der Waals surface area contributed by atoms with E-state index in [0.29, 0.717) is 31.5 Å². The Morgan fingerprint density at radius 2 is 1.96 bits per heavy atom. The Morgan fingerprint density at radius 1 is 1.25 bits per heavy atom. The zero-order chi connectivity index (χ0) is 20.1. The van der Waals surface area contributed by atoms with Gasteiger partial charge in [-0.05, 0) is 36.4 Å². The number of nitrogens with zero attached hydrogens (tertiary/aromatic N) is 1. The minimum Gasteiger partial charge on any atom is -0.341 e. The zero-order valence-electron chi connectivity index (χ0n) is 15.2. The quantitative estimate of drug-likeness (QED) is 0.800. The molecule has 1 aromatic heterocycles. The monoisotopic (exact) mass is 426 g/mol. The van der Waals surface area contributed by atoms with Crippen molar-refractivity contribution in [1.82, 2.24) is 9.62 Å². The number of amides is 1. The van der Waals surface area contributed by atoms with Crippen molar-refractivity contribution < 1.29 is 22.0 Å². The van der Waals surface area contributed by atoms with Crippen molar-refractivity contribution in [3.8, 4) is 11.1 Å². The Kier molecular flexibility index (Phi) is 5.01. The van der Waals surface area contributed by atoms with Crippen LogP contribution in [0.1, 0.15) is 23.6 Å². The molecule has 2 aromatic rings. The van der Waals surface area contributed by atoms with Crippen LogP contribution in [-0.4, -0.2) is 44.6 Å². The molecule has 1 aliphatic carbocycles. The predicted molar refractivity (Wildman–Crippen MR) is 103 cm³/mol. The molecule has 2 aliphatic rings. The van der Waals surface area contributed by atoms with Gasteiger partial charge in [0.2, 0.25) is 15.9 Å². The standard InChI is InChI=1S/C19H20F2N2O3S2/c1-28(25,26)22-11-5-7-23(10-11)19(24)14-9-13(14)18-12(6-8-27-18)17-15(20)3-2-4-16(17)21/h2-4,6,8,11,13-14,22H,5,7,9-10H2,1H3/t11-,13+,14+/m0/s1. The molecule has 0 spiro atoms. The van der Waals surface area contributed by atoms with Crippen LogP contribution in [0.25, 0.3) is 11.1 Å². The number of nitrogens with one attached hydrogen (secondary N) is 1. The van der Waals surface area contributed by atoms with Gasteiger partial charge in [-0.1, -0.05) is 6.07 Å². The lowest BCUT2D eigenvalue weighted by Crippen LogP contribution is -2.38. The second-order valence-corrected chi connectivity index (χ2v) is 10.1. The third-order valence-electron chi connectivity index (χ3n) is 5.25. The van der Waals surface area contributed by atoms with Crippen molar-refractivity contribution in [2.45, 2.75) is 24.8 Å². The number of likely N-dealkylation sites (tertiary alicyclic amines) is 1. The van der Waals surface area contributed by atoms with Gasteiger partial charge in [-0.15, -0.1) is 11.3 Å². The van der Waals surface area contributed by atoms with Crippen LogP contribution < -0.4 is 4.72 Å². The second-order valence-electron chi connectivity index (χ2n) is 7.40. The topological polar surface area (TPSA) is 66.5 Å². The van der Waals surface area contributed by atoms with Crippen LogP contribution in [0.15, 0.2) is 29.6 Å². The molecule has 150 valence electrons. The number of sulfonamides is 1. The van der Waals surface area contributed by atoms with Gasteiger partial charge >= 0.3 is 0 Å². The van der Waals surface area contributed by atoms with E-state index < -0.39 is 21.7 Å². The number of benzene rings is 1. The first-order chi connectivity index (χ1) is 13.2. The normalized spacial score (nSPS) is 24.5. The van der Waals surface area contributed by atoms with Gasteiger partial charge in [0.25, 0.3) is 0 Å². The summed E-state index contributed by atoms with van der Waals surface area (Å²) in [6.45, 7) is 0.864. The molecule has 0 radical (unpaired) electrons. The van der Waals surface area contributed by atoms with Gasteiger partial charge in [0.05, 0.1) is 11.8 Å². The van der Waals surface area contributed by atoms with Gasteiger partial charge in [-0.2, -0.15) is 0 Å². The number of halogens is 2. The molecule has 3 atom stereocenters. The van der Waals surface area contributed by atoms with Crippen molar-refractivity contribution in [3.05, 3.63) is 46.2 Å². The molecule has 1 aliphatic heterocycles. The molecule has 0 bridgehead atoms. The summed E-state index contributed by atoms with van der Waals surface area (Å²) in [6, 6.07) is 5.23. The summed E-state index contributed by atoms with van der Waals surface area (Å²) in [4.78, 5) is 15.3. The van der Waals surface area contributed by atoms with Gasteiger partial charge in [0.1, 0.15) is 11.6 Å². The summed E-state index contributed by atoms with van der Waals surface area (Å²) < 4.78 is 53.7. The van der Waals surface area contributed by atoms with Gasteiger partial charge in [0, 0.05) is 41.4 Å². The number of hydrogen-bond donors (Lipinski definition) is 1. The first-order valence-corrected chi connectivity index (χ1v) is 11.8. The van der Waals surface area contributed by atoms with E-state index in [1.807, 2.05) is 0 Å². The molecule has 2 fully saturated rings. The third-order valence-corrected chi connectivity index (χ3v) is 7.06. The third kappa shape index (κ3) is 3.83. The highest BCUT2D eigenvalue weighted by atomic mass is 32.2. The summed E-state index contributed by atoms with van der Waals surface area (Å²) in [5, 5.41) is 1.79.